The summed E-state index contributed by atoms with van der Waals surface area (Å²) in [6.07, 6.45) is 0.215. The van der Waals surface area contributed by atoms with Gasteiger partial charge in [0.2, 0.25) is 15.9 Å². The molecule has 2 aromatic rings. The molecular weight excluding hydrogens is 444 g/mol. The van der Waals surface area contributed by atoms with Gasteiger partial charge in [-0.05, 0) is 36.4 Å². The van der Waals surface area contributed by atoms with Gasteiger partial charge in [-0.3, -0.25) is 9.59 Å². The fraction of sp³-hybridized carbons (Fsp3) is 0.391. The lowest BCUT2D eigenvalue weighted by atomic mass is 10.2. The van der Waals surface area contributed by atoms with Crippen LogP contribution in [-0.2, 0) is 19.6 Å². The van der Waals surface area contributed by atoms with Crippen LogP contribution in [0.2, 0.25) is 0 Å². The van der Waals surface area contributed by atoms with E-state index in [9.17, 15) is 18.0 Å². The van der Waals surface area contributed by atoms with Gasteiger partial charge in [-0.1, -0.05) is 18.2 Å². The second kappa shape index (κ2) is 11.8. The number of hydrogen-bond donors (Lipinski definition) is 2. The highest BCUT2D eigenvalue weighted by atomic mass is 32.2. The first-order valence-electron chi connectivity index (χ1n) is 10.9. The van der Waals surface area contributed by atoms with E-state index in [1.165, 1.54) is 31.4 Å². The normalized spacial score (nSPS) is 14.2. The van der Waals surface area contributed by atoms with Crippen LogP contribution in [0.5, 0.6) is 0 Å². The van der Waals surface area contributed by atoms with E-state index in [1.807, 2.05) is 23.1 Å². The van der Waals surface area contributed by atoms with Gasteiger partial charge in [0.15, 0.2) is 0 Å². The predicted octanol–water partition coefficient (Wildman–Crippen LogP) is 1.08. The Balaban J connectivity index is 1.41. The lowest BCUT2D eigenvalue weighted by Gasteiger charge is -2.36. The van der Waals surface area contributed by atoms with Crippen LogP contribution in [0.4, 0.5) is 5.69 Å². The molecule has 0 spiro atoms. The summed E-state index contributed by atoms with van der Waals surface area (Å²) in [6, 6.07) is 15.8. The molecular formula is C23H30N4O5S. The van der Waals surface area contributed by atoms with Gasteiger partial charge in [-0.25, -0.2) is 13.1 Å². The fourth-order valence-electron chi connectivity index (χ4n) is 3.54. The Kier molecular flexibility index (Phi) is 8.81. The molecule has 1 aliphatic rings. The largest absolute Gasteiger partial charge is 0.383 e. The predicted molar refractivity (Wildman–Crippen MR) is 126 cm³/mol. The van der Waals surface area contributed by atoms with Gasteiger partial charge >= 0.3 is 0 Å². The number of methoxy groups -OCH3 is 1. The van der Waals surface area contributed by atoms with E-state index in [1.54, 1.807) is 0 Å². The molecule has 1 heterocycles. The second-order valence-corrected chi connectivity index (χ2v) is 9.39. The molecule has 0 atom stereocenters. The van der Waals surface area contributed by atoms with Crippen LogP contribution in [0.15, 0.2) is 59.5 Å². The molecule has 178 valence electrons. The van der Waals surface area contributed by atoms with Crippen molar-refractivity contribution in [1.82, 2.24) is 14.9 Å². The highest BCUT2D eigenvalue weighted by molar-refractivity contribution is 7.89. The minimum absolute atomic E-state index is 0.00610. The number of carbonyl (C=O) groups is 2. The lowest BCUT2D eigenvalue weighted by Crippen LogP contribution is -2.49. The van der Waals surface area contributed by atoms with Crippen molar-refractivity contribution < 1.29 is 22.7 Å². The lowest BCUT2D eigenvalue weighted by molar-refractivity contribution is -0.131. The SMILES string of the molecule is COCCNS(=O)(=O)c1ccc(C(=O)NCCC(=O)N2CCN(c3ccccc3)CC2)cc1. The van der Waals surface area contributed by atoms with Crippen LogP contribution in [0.25, 0.3) is 0 Å². The molecule has 0 unspecified atom stereocenters. The van der Waals surface area contributed by atoms with E-state index in [-0.39, 0.29) is 42.8 Å². The van der Waals surface area contributed by atoms with Crippen molar-refractivity contribution in [3.63, 3.8) is 0 Å². The molecule has 33 heavy (non-hydrogen) atoms. The summed E-state index contributed by atoms with van der Waals surface area (Å²) in [5.41, 5.74) is 1.48. The van der Waals surface area contributed by atoms with Crippen molar-refractivity contribution >= 4 is 27.5 Å². The van der Waals surface area contributed by atoms with Crippen molar-refractivity contribution in [1.29, 1.82) is 0 Å². The standard InChI is InChI=1S/C23H30N4O5S/c1-32-18-13-25-33(30,31)21-9-7-19(8-10-21)23(29)24-12-11-22(28)27-16-14-26(15-17-27)20-5-3-2-4-6-20/h2-10,25H,11-18H2,1H3,(H,24,29). The van der Waals surface area contributed by atoms with Gasteiger partial charge in [-0.15, -0.1) is 0 Å². The van der Waals surface area contributed by atoms with Gasteiger partial charge < -0.3 is 19.9 Å². The smallest absolute Gasteiger partial charge is 0.251 e. The summed E-state index contributed by atoms with van der Waals surface area (Å²) < 4.78 is 31.6. The van der Waals surface area contributed by atoms with Gasteiger partial charge in [0.05, 0.1) is 11.5 Å². The number of piperazine rings is 1. The Bertz CT molecular complexity index is 1020. The van der Waals surface area contributed by atoms with Crippen LogP contribution in [0.3, 0.4) is 0 Å². The molecule has 1 fully saturated rings. The third-order valence-electron chi connectivity index (χ3n) is 5.40. The first-order chi connectivity index (χ1) is 15.9. The molecule has 3 rings (SSSR count). The second-order valence-electron chi connectivity index (χ2n) is 7.62. The third-order valence-corrected chi connectivity index (χ3v) is 6.88. The molecule has 2 aromatic carbocycles. The summed E-state index contributed by atoms with van der Waals surface area (Å²) in [4.78, 5) is 29.0. The van der Waals surface area contributed by atoms with Gasteiger partial charge in [0.1, 0.15) is 0 Å². The summed E-state index contributed by atoms with van der Waals surface area (Å²) >= 11 is 0. The molecule has 0 radical (unpaired) electrons. The van der Waals surface area contributed by atoms with Gasteiger partial charge in [-0.2, -0.15) is 0 Å². The highest BCUT2D eigenvalue weighted by Crippen LogP contribution is 2.16. The number of amides is 2. The number of benzene rings is 2. The maximum atomic E-state index is 12.5. The molecule has 2 N–H and O–H groups in total. The first kappa shape index (κ1) is 24.7. The van der Waals surface area contributed by atoms with Crippen LogP contribution in [0.1, 0.15) is 16.8 Å². The molecule has 0 aliphatic carbocycles. The highest BCUT2D eigenvalue weighted by Gasteiger charge is 2.21. The minimum Gasteiger partial charge on any atom is -0.383 e. The molecule has 1 saturated heterocycles. The van der Waals surface area contributed by atoms with E-state index < -0.39 is 10.0 Å². The fourth-order valence-corrected chi connectivity index (χ4v) is 4.56. The summed E-state index contributed by atoms with van der Waals surface area (Å²) in [5, 5.41) is 2.73. The molecule has 0 saturated carbocycles. The maximum absolute atomic E-state index is 12.5. The number of para-hydroxylation sites is 1. The number of hydrogen-bond acceptors (Lipinski definition) is 6. The topological polar surface area (TPSA) is 108 Å². The minimum atomic E-state index is -3.65. The Morgan fingerprint density at radius 2 is 1.61 bits per heavy atom. The summed E-state index contributed by atoms with van der Waals surface area (Å²) in [7, 11) is -2.17. The summed E-state index contributed by atoms with van der Waals surface area (Å²) in [6.45, 7) is 3.49. The van der Waals surface area contributed by atoms with E-state index in [2.05, 4.69) is 27.1 Å². The van der Waals surface area contributed by atoms with Crippen molar-refractivity contribution in [3.05, 3.63) is 60.2 Å². The maximum Gasteiger partial charge on any atom is 0.251 e. The molecule has 2 amide bonds. The van der Waals surface area contributed by atoms with Crippen molar-refractivity contribution in [3.8, 4) is 0 Å². The van der Waals surface area contributed by atoms with Crippen molar-refractivity contribution in [2.75, 3.05) is 57.9 Å². The number of nitrogens with zero attached hydrogens (tertiary/aromatic N) is 2. The monoisotopic (exact) mass is 474 g/mol. The zero-order chi connectivity index (χ0) is 23.7. The number of nitrogens with one attached hydrogen (secondary N) is 2. The van der Waals surface area contributed by atoms with E-state index in [4.69, 9.17) is 4.74 Å². The summed E-state index contributed by atoms with van der Waals surface area (Å²) in [5.74, 6) is -0.348. The quantitative estimate of drug-likeness (QED) is 0.499. The number of ether oxygens (including phenoxy) is 1. The number of carbonyl (C=O) groups excluding carboxylic acids is 2. The Morgan fingerprint density at radius 1 is 0.939 bits per heavy atom. The molecule has 9 nitrogen and oxygen atoms in total. The number of anilines is 1. The molecule has 1 aliphatic heterocycles. The Labute approximate surface area is 194 Å². The average molecular weight is 475 g/mol. The zero-order valence-corrected chi connectivity index (χ0v) is 19.5. The van der Waals surface area contributed by atoms with Crippen LogP contribution in [-0.4, -0.2) is 78.1 Å². The number of sulfonamides is 1. The first-order valence-corrected chi connectivity index (χ1v) is 12.3. The number of rotatable bonds is 10. The Hall–Kier alpha value is -2.95. The Morgan fingerprint density at radius 3 is 2.24 bits per heavy atom. The van der Waals surface area contributed by atoms with Gasteiger partial charge in [0.25, 0.3) is 5.91 Å². The zero-order valence-electron chi connectivity index (χ0n) is 18.7. The third kappa shape index (κ3) is 7.01. The molecule has 0 aromatic heterocycles. The molecule has 0 bridgehead atoms. The molecule has 10 heteroatoms. The average Bonchev–Trinajstić information content (AvgIpc) is 2.84. The van der Waals surface area contributed by atoms with E-state index >= 15 is 0 Å². The van der Waals surface area contributed by atoms with E-state index in [0.717, 1.165) is 18.8 Å². The van der Waals surface area contributed by atoms with Crippen molar-refractivity contribution in [2.45, 2.75) is 11.3 Å². The van der Waals surface area contributed by atoms with Crippen molar-refractivity contribution in [2.24, 2.45) is 0 Å². The van der Waals surface area contributed by atoms with E-state index in [0.29, 0.717) is 18.7 Å². The van der Waals surface area contributed by atoms with Gasteiger partial charge in [0, 0.05) is 64.0 Å². The van der Waals surface area contributed by atoms with Crippen LogP contribution in [0, 0.1) is 0 Å². The van der Waals surface area contributed by atoms with Crippen LogP contribution < -0.4 is 14.9 Å². The van der Waals surface area contributed by atoms with Crippen LogP contribution >= 0.6 is 0 Å².